The monoisotopic (exact) mass is 701 g/mol. The van der Waals surface area contributed by atoms with Crippen molar-refractivity contribution in [1.82, 2.24) is 9.80 Å². The summed E-state index contributed by atoms with van der Waals surface area (Å²) in [6.07, 6.45) is -6.51. The highest BCUT2D eigenvalue weighted by molar-refractivity contribution is 7.93. The number of benzene rings is 3. The molecule has 2 amide bonds. The third-order valence-electron chi connectivity index (χ3n) is 8.43. The van der Waals surface area contributed by atoms with E-state index in [9.17, 15) is 31.5 Å². The van der Waals surface area contributed by atoms with E-state index in [0.717, 1.165) is 18.2 Å². The Morgan fingerprint density at radius 2 is 1.85 bits per heavy atom. The predicted octanol–water partition coefficient (Wildman–Crippen LogP) is 4.50. The van der Waals surface area contributed by atoms with Gasteiger partial charge in [-0.25, -0.2) is 12.7 Å². The Morgan fingerprint density at radius 3 is 2.54 bits per heavy atom. The van der Waals surface area contributed by atoms with Crippen LogP contribution in [-0.2, 0) is 25.2 Å². The van der Waals surface area contributed by atoms with Gasteiger partial charge in [-0.3, -0.25) is 14.5 Å². The molecule has 2 aliphatic rings. The molecule has 4 aromatic carbocycles. The van der Waals surface area contributed by atoms with Gasteiger partial charge in [0.05, 0.1) is 24.9 Å². The maximum atomic E-state index is 15.4. The molecule has 10 nitrogen and oxygen atoms in total. The lowest BCUT2D eigenvalue weighted by Crippen LogP contribution is -2.59. The summed E-state index contributed by atoms with van der Waals surface area (Å²) in [6, 6.07) is 19.5. The van der Waals surface area contributed by atoms with E-state index in [2.05, 4.69) is 16.9 Å². The van der Waals surface area contributed by atoms with Gasteiger partial charge in [0.15, 0.2) is 11.3 Å². The second-order valence-electron chi connectivity index (χ2n) is 11.5. The summed E-state index contributed by atoms with van der Waals surface area (Å²) in [5.41, 5.74) is -2.11. The summed E-state index contributed by atoms with van der Waals surface area (Å²) < 4.78 is 79.5. The zero-order valence-corrected chi connectivity index (χ0v) is 27.2. The van der Waals surface area contributed by atoms with Gasteiger partial charge in [0.2, 0.25) is 5.91 Å². The number of methoxy groups -OCH3 is 1. The largest absolute Gasteiger partial charge is 0.573 e. The van der Waals surface area contributed by atoms with Crippen LogP contribution in [0, 0.1) is 12.1 Å². The minimum absolute atomic E-state index is 0.0290. The van der Waals surface area contributed by atoms with Crippen molar-refractivity contribution in [3.8, 4) is 11.5 Å². The lowest BCUT2D eigenvalue weighted by molar-refractivity contribution is -0.275. The number of amides is 2. The number of carbonyl (C=O) groups excluding carboxylic acids is 2. The Hall–Kier alpha value is -4.55. The summed E-state index contributed by atoms with van der Waals surface area (Å²) in [4.78, 5) is 30.8. The molecule has 15 heteroatoms. The van der Waals surface area contributed by atoms with Crippen molar-refractivity contribution in [3.05, 3.63) is 95.0 Å². The molecule has 0 saturated carbocycles. The van der Waals surface area contributed by atoms with Crippen molar-refractivity contribution in [1.29, 1.82) is 0 Å². The number of aliphatic hydroxyl groups excluding tert-OH is 1. The number of ether oxygens (including phenoxy) is 2. The summed E-state index contributed by atoms with van der Waals surface area (Å²) in [6.45, 7) is -0.250. The second kappa shape index (κ2) is 11.9. The number of carbonyl (C=O) groups is 2. The fourth-order valence-electron chi connectivity index (χ4n) is 6.54. The predicted molar refractivity (Wildman–Crippen MR) is 168 cm³/mol. The van der Waals surface area contributed by atoms with E-state index in [-0.39, 0.29) is 40.6 Å². The van der Waals surface area contributed by atoms with E-state index in [1.165, 1.54) is 49.2 Å². The van der Waals surface area contributed by atoms with Crippen LogP contribution in [0.4, 0.5) is 18.9 Å². The Balaban J connectivity index is 1.69. The third-order valence-corrected chi connectivity index (χ3v) is 10.4. The first-order valence-corrected chi connectivity index (χ1v) is 16.2. The van der Waals surface area contributed by atoms with E-state index in [1.807, 2.05) is 0 Å². The summed E-state index contributed by atoms with van der Waals surface area (Å²) in [5, 5.41) is 12.0. The number of aliphatic hydroxyl groups is 1. The first-order valence-electron chi connectivity index (χ1n) is 14.4. The number of fused-ring (bicyclic) bond motifs is 2. The second-order valence-corrected chi connectivity index (χ2v) is 13.7. The van der Waals surface area contributed by atoms with E-state index < -0.39 is 56.5 Å². The fraction of sp³-hybridized carbons (Fsp3) is 0.273. The molecule has 1 saturated heterocycles. The highest BCUT2D eigenvalue weighted by Gasteiger charge is 2.63. The first-order chi connectivity index (χ1) is 22.6. The molecule has 4 aromatic rings. The molecule has 0 aromatic heterocycles. The number of nitrogens with zero attached hydrogens (tertiary/aromatic N) is 3. The Labute approximate surface area is 278 Å². The molecule has 48 heavy (non-hydrogen) atoms. The first kappa shape index (κ1) is 33.4. The van der Waals surface area contributed by atoms with Gasteiger partial charge in [0.25, 0.3) is 15.9 Å². The molecular weight excluding hydrogens is 675 g/mol. The molecule has 6 rings (SSSR count). The molecule has 250 valence electrons. The van der Waals surface area contributed by atoms with Crippen molar-refractivity contribution in [2.24, 2.45) is 0 Å². The molecule has 0 aliphatic carbocycles. The third kappa shape index (κ3) is 5.27. The molecule has 1 unspecified atom stereocenters. The molecule has 0 bridgehead atoms. The van der Waals surface area contributed by atoms with Gasteiger partial charge in [-0.05, 0) is 65.9 Å². The number of hydrogen-bond acceptors (Lipinski definition) is 8. The molecule has 1 N–H and O–H groups in total. The molecular formula is C33H27ClF3N3O7S. The Kier molecular flexibility index (Phi) is 8.23. The van der Waals surface area contributed by atoms with Gasteiger partial charge in [-0.2, -0.15) is 0 Å². The SMILES string of the molecule is COc1ccc(S(=O)(=O)N2C(=O)C(c3cccc4c#cccc34)(N3C[C@H](O)C[C@H]3C(=O)N(C)C)c3cc(Cl)ccc32)c(OC(F)(F)F)c1. The number of sulfonamides is 1. The van der Waals surface area contributed by atoms with Gasteiger partial charge in [0, 0.05) is 42.7 Å². The van der Waals surface area contributed by atoms with Crippen LogP contribution in [0.25, 0.3) is 10.8 Å². The minimum atomic E-state index is -5.30. The zero-order valence-electron chi connectivity index (χ0n) is 25.6. The molecule has 1 fully saturated rings. The number of likely N-dealkylation sites (N-methyl/N-ethyl adjacent to an activating group) is 1. The lowest BCUT2D eigenvalue weighted by atomic mass is 9.79. The minimum Gasteiger partial charge on any atom is -0.497 e. The summed E-state index contributed by atoms with van der Waals surface area (Å²) in [5.74, 6) is -2.88. The number of rotatable bonds is 7. The van der Waals surface area contributed by atoms with Gasteiger partial charge in [-0.15, -0.1) is 13.2 Å². The van der Waals surface area contributed by atoms with Crippen LogP contribution in [0.15, 0.2) is 71.6 Å². The standard InChI is InChI=1S/C33H27ClF3N3O7S/c1-38(2)30(42)27-16-21(41)18-39(27)32(24-10-6-8-19-7-4-5-9-23(19)24)25-15-20(34)11-13-26(25)40(31(32)43)48(44,45)29-14-12-22(46-3)17-28(29)47-33(35,36)37/h5-6,8-15,17,21,27,41H,16,18H2,1-3H3/t21-,27+,32?/m1/s1. The molecule has 2 heterocycles. The van der Waals surface area contributed by atoms with Crippen LogP contribution in [-0.4, -0.2) is 81.4 Å². The van der Waals surface area contributed by atoms with E-state index >= 15 is 4.79 Å². The number of alkyl halides is 3. The van der Waals surface area contributed by atoms with Crippen LogP contribution < -0.4 is 13.8 Å². The van der Waals surface area contributed by atoms with E-state index in [1.54, 1.807) is 30.3 Å². The number of hydrogen-bond donors (Lipinski definition) is 1. The normalized spacial score (nSPS) is 21.2. The molecule has 2 aliphatic heterocycles. The molecule has 0 radical (unpaired) electrons. The van der Waals surface area contributed by atoms with Crippen molar-refractivity contribution in [3.63, 3.8) is 0 Å². The zero-order chi connectivity index (χ0) is 34.8. The number of β-amino-alcohol motifs (C(OH)–C–C–N with tert-alkyl or cyclic N) is 1. The number of likely N-dealkylation sites (tertiary alicyclic amines) is 1. The van der Waals surface area contributed by atoms with Crippen molar-refractivity contribution >= 4 is 49.9 Å². The van der Waals surface area contributed by atoms with Gasteiger partial charge >= 0.3 is 6.36 Å². The van der Waals surface area contributed by atoms with E-state index in [4.69, 9.17) is 16.3 Å². The smallest absolute Gasteiger partial charge is 0.497 e. The highest BCUT2D eigenvalue weighted by atomic mass is 35.5. The highest BCUT2D eigenvalue weighted by Crippen LogP contribution is 2.55. The van der Waals surface area contributed by atoms with Crippen LogP contribution >= 0.6 is 11.6 Å². The maximum absolute atomic E-state index is 15.4. The average Bonchev–Trinajstić information content (AvgIpc) is 3.54. The summed E-state index contributed by atoms with van der Waals surface area (Å²) in [7, 11) is -1.03. The lowest BCUT2D eigenvalue weighted by Gasteiger charge is -2.42. The van der Waals surface area contributed by atoms with Crippen molar-refractivity contribution in [2.45, 2.75) is 35.4 Å². The summed E-state index contributed by atoms with van der Waals surface area (Å²) >= 11 is 6.51. The van der Waals surface area contributed by atoms with Gasteiger partial charge in [0.1, 0.15) is 10.6 Å². The number of anilines is 1. The molecule has 3 atom stereocenters. The van der Waals surface area contributed by atoms with Crippen LogP contribution in [0.3, 0.4) is 0 Å². The number of halogens is 4. The maximum Gasteiger partial charge on any atom is 0.573 e. The fourth-order valence-corrected chi connectivity index (χ4v) is 8.27. The topological polar surface area (TPSA) is 117 Å². The van der Waals surface area contributed by atoms with Crippen LogP contribution in [0.2, 0.25) is 5.02 Å². The van der Waals surface area contributed by atoms with Gasteiger partial charge < -0.3 is 19.5 Å². The van der Waals surface area contributed by atoms with Crippen LogP contribution in [0.1, 0.15) is 17.5 Å². The van der Waals surface area contributed by atoms with Crippen molar-refractivity contribution in [2.75, 3.05) is 32.1 Å². The average molecular weight is 702 g/mol. The van der Waals surface area contributed by atoms with Crippen LogP contribution in [0.5, 0.6) is 11.5 Å². The van der Waals surface area contributed by atoms with Gasteiger partial charge in [-0.1, -0.05) is 35.9 Å². The van der Waals surface area contributed by atoms with Crippen molar-refractivity contribution < 1.29 is 45.8 Å². The Bertz CT molecular complexity index is 2050. The molecule has 0 spiro atoms. The van der Waals surface area contributed by atoms with E-state index in [0.29, 0.717) is 15.1 Å². The quantitative estimate of drug-likeness (QED) is 0.300. The Morgan fingerprint density at radius 1 is 1.10 bits per heavy atom.